The Labute approximate surface area is 164 Å². The summed E-state index contributed by atoms with van der Waals surface area (Å²) in [5.74, 6) is -1.78. The number of hydrogen-bond donors (Lipinski definition) is 1. The summed E-state index contributed by atoms with van der Waals surface area (Å²) in [4.78, 5) is 38.4. The van der Waals surface area contributed by atoms with Crippen LogP contribution in [0.15, 0.2) is 59.4 Å². The fraction of sp³-hybridized carbons (Fsp3) is 0.136. The molecule has 1 aromatic heterocycles. The van der Waals surface area contributed by atoms with Gasteiger partial charge >= 0.3 is 0 Å². The van der Waals surface area contributed by atoms with E-state index in [-0.39, 0.29) is 11.3 Å². The molecule has 4 rings (SSSR count). The Morgan fingerprint density at radius 2 is 1.52 bits per heavy atom. The van der Waals surface area contributed by atoms with E-state index in [1.165, 1.54) is 59.2 Å². The Morgan fingerprint density at radius 3 is 2.17 bits per heavy atom. The number of Topliss-reactive ketones (excluding diaryl/α,β-unsaturated/α-hetero) is 1. The molecule has 7 heteroatoms. The maximum Gasteiger partial charge on any atom is 0.268 e. The van der Waals surface area contributed by atoms with E-state index in [1.54, 1.807) is 0 Å². The van der Waals surface area contributed by atoms with E-state index in [1.807, 2.05) is 0 Å². The normalized spacial score (nSPS) is 13.1. The maximum atomic E-state index is 13.3. The lowest BCUT2D eigenvalue weighted by Gasteiger charge is -2.21. The highest BCUT2D eigenvalue weighted by molar-refractivity contribution is 6.06. The molecule has 1 amide bonds. The predicted octanol–water partition coefficient (Wildman–Crippen LogP) is 3.89. The Morgan fingerprint density at radius 1 is 0.897 bits per heavy atom. The summed E-state index contributed by atoms with van der Waals surface area (Å²) >= 11 is 0. The maximum absolute atomic E-state index is 13.3. The molecule has 1 N–H and O–H groups in total. The van der Waals surface area contributed by atoms with E-state index in [2.05, 4.69) is 5.32 Å². The number of aromatic nitrogens is 1. The molecule has 1 aliphatic rings. The van der Waals surface area contributed by atoms with Crippen molar-refractivity contribution in [1.82, 2.24) is 4.57 Å². The van der Waals surface area contributed by atoms with Gasteiger partial charge in [0.25, 0.3) is 11.5 Å². The smallest absolute Gasteiger partial charge is 0.268 e. The number of rotatable bonds is 3. The van der Waals surface area contributed by atoms with Gasteiger partial charge in [0.2, 0.25) is 0 Å². The Bertz CT molecular complexity index is 1170. The highest BCUT2D eigenvalue weighted by atomic mass is 19.1. The lowest BCUT2D eigenvalue weighted by Crippen LogP contribution is -2.33. The van der Waals surface area contributed by atoms with Crippen LogP contribution in [0.3, 0.4) is 0 Å². The van der Waals surface area contributed by atoms with Gasteiger partial charge in [0.05, 0.1) is 0 Å². The quantitative estimate of drug-likeness (QED) is 0.733. The zero-order valence-corrected chi connectivity index (χ0v) is 15.2. The van der Waals surface area contributed by atoms with Gasteiger partial charge < -0.3 is 5.32 Å². The Kier molecular flexibility index (Phi) is 4.80. The number of ketones is 1. The zero-order chi connectivity index (χ0) is 20.5. The van der Waals surface area contributed by atoms with Gasteiger partial charge in [0.1, 0.15) is 17.2 Å². The molecule has 5 nitrogen and oxygen atoms in total. The summed E-state index contributed by atoms with van der Waals surface area (Å²) in [6, 6.07) is 11.7. The number of benzene rings is 2. The largest absolute Gasteiger partial charge is 0.322 e. The number of nitrogens with one attached hydrogen (secondary N) is 1. The Balaban J connectivity index is 1.85. The fourth-order valence-corrected chi connectivity index (χ4v) is 3.45. The topological polar surface area (TPSA) is 68.2 Å². The van der Waals surface area contributed by atoms with Crippen LogP contribution in [-0.2, 0) is 6.42 Å². The predicted molar refractivity (Wildman–Crippen MR) is 104 cm³/mol. The second-order valence-corrected chi connectivity index (χ2v) is 6.77. The van der Waals surface area contributed by atoms with Crippen molar-refractivity contribution in [2.24, 2.45) is 0 Å². The van der Waals surface area contributed by atoms with Crippen LogP contribution in [-0.4, -0.2) is 16.3 Å². The van der Waals surface area contributed by atoms with E-state index in [0.29, 0.717) is 41.9 Å². The number of amides is 1. The summed E-state index contributed by atoms with van der Waals surface area (Å²) in [5, 5.41) is 2.55. The number of fused-ring (bicyclic) bond motifs is 1. The minimum atomic E-state index is -0.710. The number of carbonyl (C=O) groups is 2. The number of anilines is 1. The van der Waals surface area contributed by atoms with Crippen LogP contribution in [0.4, 0.5) is 14.5 Å². The molecular formula is C22H16F2N2O3. The molecule has 0 fully saturated rings. The minimum absolute atomic E-state index is 0.155. The summed E-state index contributed by atoms with van der Waals surface area (Å²) in [7, 11) is 0. The van der Waals surface area contributed by atoms with Crippen LogP contribution in [0, 0.1) is 11.6 Å². The van der Waals surface area contributed by atoms with Crippen molar-refractivity contribution in [2.45, 2.75) is 19.3 Å². The molecule has 146 valence electrons. The summed E-state index contributed by atoms with van der Waals surface area (Å²) in [5.41, 5.74) is 0.685. The zero-order valence-electron chi connectivity index (χ0n) is 15.2. The summed E-state index contributed by atoms with van der Waals surface area (Å²) < 4.78 is 27.7. The van der Waals surface area contributed by atoms with E-state index in [0.717, 1.165) is 0 Å². The van der Waals surface area contributed by atoms with Gasteiger partial charge in [-0.05, 0) is 67.4 Å². The molecule has 3 aromatic rings. The molecule has 1 heterocycles. The number of halogens is 2. The lowest BCUT2D eigenvalue weighted by molar-refractivity contribution is 0.0971. The van der Waals surface area contributed by atoms with Crippen LogP contribution in [0.1, 0.15) is 39.3 Å². The summed E-state index contributed by atoms with van der Waals surface area (Å²) in [6.45, 7) is 0. The number of pyridine rings is 1. The highest BCUT2D eigenvalue weighted by Gasteiger charge is 2.26. The average Bonchev–Trinajstić information content (AvgIpc) is 2.70. The third-order valence-electron chi connectivity index (χ3n) is 4.85. The molecule has 0 spiro atoms. The summed E-state index contributed by atoms with van der Waals surface area (Å²) in [6.07, 6.45) is 1.41. The number of hydrogen-bond acceptors (Lipinski definition) is 3. The van der Waals surface area contributed by atoms with Crippen LogP contribution < -0.4 is 10.9 Å². The van der Waals surface area contributed by atoms with Crippen LogP contribution in [0.5, 0.6) is 0 Å². The molecule has 0 aliphatic heterocycles. The first-order valence-electron chi connectivity index (χ1n) is 9.09. The monoisotopic (exact) mass is 394 g/mol. The average molecular weight is 394 g/mol. The van der Waals surface area contributed by atoms with Crippen molar-refractivity contribution in [3.8, 4) is 5.69 Å². The molecule has 0 radical (unpaired) electrons. The third-order valence-corrected chi connectivity index (χ3v) is 4.85. The van der Waals surface area contributed by atoms with Crippen molar-refractivity contribution in [1.29, 1.82) is 0 Å². The number of carbonyl (C=O) groups excluding carboxylic acids is 2. The van der Waals surface area contributed by atoms with Crippen molar-refractivity contribution >= 4 is 17.4 Å². The van der Waals surface area contributed by atoms with Crippen LogP contribution >= 0.6 is 0 Å². The van der Waals surface area contributed by atoms with Crippen molar-refractivity contribution in [2.75, 3.05) is 5.32 Å². The molecule has 0 unspecified atom stereocenters. The molecule has 2 aromatic carbocycles. The van der Waals surface area contributed by atoms with Crippen molar-refractivity contribution in [3.05, 3.63) is 93.4 Å². The first kappa shape index (κ1) is 18.7. The van der Waals surface area contributed by atoms with Gasteiger partial charge in [-0.1, -0.05) is 0 Å². The van der Waals surface area contributed by atoms with Gasteiger partial charge in [0, 0.05) is 29.1 Å². The van der Waals surface area contributed by atoms with Gasteiger partial charge in [-0.25, -0.2) is 8.78 Å². The van der Waals surface area contributed by atoms with E-state index >= 15 is 0 Å². The minimum Gasteiger partial charge on any atom is -0.322 e. The first-order chi connectivity index (χ1) is 13.9. The van der Waals surface area contributed by atoms with Crippen molar-refractivity contribution in [3.63, 3.8) is 0 Å². The molecule has 0 atom stereocenters. The van der Waals surface area contributed by atoms with Gasteiger partial charge in [-0.15, -0.1) is 0 Å². The Hall–Kier alpha value is -3.61. The molecule has 0 saturated carbocycles. The van der Waals surface area contributed by atoms with Crippen molar-refractivity contribution < 1.29 is 18.4 Å². The molecule has 1 aliphatic carbocycles. The number of nitrogens with zero attached hydrogens (tertiary/aromatic N) is 1. The highest BCUT2D eigenvalue weighted by Crippen LogP contribution is 2.24. The first-order valence-corrected chi connectivity index (χ1v) is 9.09. The van der Waals surface area contributed by atoms with E-state index in [9.17, 15) is 23.2 Å². The van der Waals surface area contributed by atoms with Crippen LogP contribution in [0.25, 0.3) is 5.69 Å². The molecule has 0 bridgehead atoms. The van der Waals surface area contributed by atoms with E-state index < -0.39 is 23.1 Å². The van der Waals surface area contributed by atoms with Gasteiger partial charge in [0.15, 0.2) is 5.78 Å². The SMILES string of the molecule is O=C1CCCc2c1cc(C(=O)Nc1ccc(F)cc1)c(=O)n2-c1ccc(F)cc1. The van der Waals surface area contributed by atoms with E-state index in [4.69, 9.17) is 0 Å². The molecule has 29 heavy (non-hydrogen) atoms. The standard InChI is InChI=1S/C22H16F2N2O3/c23-13-4-8-15(9-5-13)25-21(28)18-12-17-19(2-1-3-20(17)27)26(22(18)29)16-10-6-14(24)7-11-16/h4-12H,1-3H2,(H,25,28). The third kappa shape index (κ3) is 3.59. The molecule has 0 saturated heterocycles. The fourth-order valence-electron chi connectivity index (χ4n) is 3.45. The van der Waals surface area contributed by atoms with Gasteiger partial charge in [-0.3, -0.25) is 19.0 Å². The van der Waals surface area contributed by atoms with Crippen LogP contribution in [0.2, 0.25) is 0 Å². The second-order valence-electron chi connectivity index (χ2n) is 6.77. The van der Waals surface area contributed by atoms with Gasteiger partial charge in [-0.2, -0.15) is 0 Å². The second kappa shape index (κ2) is 7.43. The molecular weight excluding hydrogens is 378 g/mol. The lowest BCUT2D eigenvalue weighted by atomic mass is 9.92.